The van der Waals surface area contributed by atoms with Crippen LogP contribution in [0.5, 0.6) is 0 Å². The maximum atomic E-state index is 11.9. The highest BCUT2D eigenvalue weighted by molar-refractivity contribution is 5.84. The summed E-state index contributed by atoms with van der Waals surface area (Å²) in [6, 6.07) is -0.721. The summed E-state index contributed by atoms with van der Waals surface area (Å²) in [7, 11) is 1.27. The predicted octanol–water partition coefficient (Wildman–Crippen LogP) is 2.82. The number of esters is 1. The molecule has 0 spiro atoms. The van der Waals surface area contributed by atoms with Gasteiger partial charge < -0.3 is 20.1 Å². The van der Waals surface area contributed by atoms with Gasteiger partial charge in [-0.25, -0.2) is 9.59 Å². The lowest BCUT2D eigenvalue weighted by Crippen LogP contribution is -2.41. The molecule has 0 saturated carbocycles. The van der Waals surface area contributed by atoms with E-state index in [0.717, 1.165) is 0 Å². The predicted molar refractivity (Wildman–Crippen MR) is 99.9 cm³/mol. The van der Waals surface area contributed by atoms with Crippen molar-refractivity contribution in [3.05, 3.63) is 10.4 Å². The van der Waals surface area contributed by atoms with Gasteiger partial charge in [0.25, 0.3) is 0 Å². The minimum Gasteiger partial charge on any atom is -0.467 e. The van der Waals surface area contributed by atoms with Gasteiger partial charge in [-0.1, -0.05) is 5.11 Å². The number of hydrogen-bond donors (Lipinski definition) is 2. The van der Waals surface area contributed by atoms with Crippen molar-refractivity contribution in [2.75, 3.05) is 20.2 Å². The standard InChI is InChI=1S/C17H31N5O5/c1-17(2,3)27-16(25)19-11-7-5-9-13(15(24)26-4)21-14(23)10-6-8-12-20-22-18/h13H,5-12H2,1-4H3,(H,19,25)(H,21,23)/t13-/m0/s1. The molecule has 0 aliphatic carbocycles. The number of nitrogens with zero attached hydrogens (tertiary/aromatic N) is 3. The Labute approximate surface area is 160 Å². The number of nitrogens with one attached hydrogen (secondary N) is 2. The molecule has 0 fully saturated rings. The first-order chi connectivity index (χ1) is 12.7. The molecule has 0 rings (SSSR count). The molecule has 0 saturated heterocycles. The second-order valence-electron chi connectivity index (χ2n) is 6.98. The monoisotopic (exact) mass is 385 g/mol. The summed E-state index contributed by atoms with van der Waals surface area (Å²) in [5.74, 6) is -0.754. The zero-order valence-electron chi connectivity index (χ0n) is 16.6. The summed E-state index contributed by atoms with van der Waals surface area (Å²) < 4.78 is 9.85. The van der Waals surface area contributed by atoms with Crippen LogP contribution in [-0.2, 0) is 19.1 Å². The molecule has 0 aromatic rings. The second kappa shape index (κ2) is 13.7. The quantitative estimate of drug-likeness (QED) is 0.175. The summed E-state index contributed by atoms with van der Waals surface area (Å²) in [5, 5.41) is 8.70. The molecule has 1 atom stereocenters. The fourth-order valence-corrected chi connectivity index (χ4v) is 2.15. The number of ether oxygens (including phenoxy) is 2. The molecular formula is C17H31N5O5. The number of hydrogen-bond acceptors (Lipinski definition) is 6. The minimum atomic E-state index is -0.721. The topological polar surface area (TPSA) is 142 Å². The molecule has 0 aromatic heterocycles. The number of amides is 2. The fourth-order valence-electron chi connectivity index (χ4n) is 2.15. The van der Waals surface area contributed by atoms with E-state index in [-0.39, 0.29) is 12.3 Å². The molecule has 27 heavy (non-hydrogen) atoms. The Balaban J connectivity index is 4.13. The third-order valence-electron chi connectivity index (χ3n) is 3.38. The highest BCUT2D eigenvalue weighted by Gasteiger charge is 2.21. The molecule has 0 unspecified atom stereocenters. The molecule has 10 nitrogen and oxygen atoms in total. The zero-order valence-corrected chi connectivity index (χ0v) is 16.6. The molecule has 0 bridgehead atoms. The van der Waals surface area contributed by atoms with Crippen LogP contribution in [0.3, 0.4) is 0 Å². The normalized spacial score (nSPS) is 11.7. The maximum Gasteiger partial charge on any atom is 0.407 e. The summed E-state index contributed by atoms with van der Waals surface area (Å²) in [5.41, 5.74) is 7.63. The Hall–Kier alpha value is -2.48. The average Bonchev–Trinajstić information content (AvgIpc) is 2.58. The van der Waals surface area contributed by atoms with Gasteiger partial charge in [-0.2, -0.15) is 0 Å². The van der Waals surface area contributed by atoms with E-state index in [1.54, 1.807) is 20.8 Å². The van der Waals surface area contributed by atoms with Gasteiger partial charge in [-0.3, -0.25) is 4.79 Å². The van der Waals surface area contributed by atoms with E-state index in [4.69, 9.17) is 15.0 Å². The van der Waals surface area contributed by atoms with Crippen LogP contribution in [-0.4, -0.2) is 49.8 Å². The Morgan fingerprint density at radius 2 is 1.85 bits per heavy atom. The molecule has 154 valence electrons. The van der Waals surface area contributed by atoms with Crippen molar-refractivity contribution in [2.45, 2.75) is 70.9 Å². The van der Waals surface area contributed by atoms with E-state index in [9.17, 15) is 14.4 Å². The van der Waals surface area contributed by atoms with Crippen LogP contribution in [0, 0.1) is 0 Å². The van der Waals surface area contributed by atoms with Crippen LogP contribution in [0.4, 0.5) is 4.79 Å². The molecule has 0 aromatic carbocycles. The Morgan fingerprint density at radius 1 is 1.15 bits per heavy atom. The maximum absolute atomic E-state index is 11.9. The molecule has 2 amide bonds. The number of methoxy groups -OCH3 is 1. The van der Waals surface area contributed by atoms with Gasteiger partial charge in [0.15, 0.2) is 0 Å². The number of rotatable bonds is 12. The number of unbranched alkanes of at least 4 members (excludes halogenated alkanes) is 2. The molecule has 0 heterocycles. The van der Waals surface area contributed by atoms with Gasteiger partial charge >= 0.3 is 12.1 Å². The Morgan fingerprint density at radius 3 is 2.44 bits per heavy atom. The van der Waals surface area contributed by atoms with Gasteiger partial charge in [-0.05, 0) is 58.4 Å². The van der Waals surface area contributed by atoms with Crippen molar-refractivity contribution >= 4 is 18.0 Å². The van der Waals surface area contributed by atoms with E-state index < -0.39 is 23.7 Å². The van der Waals surface area contributed by atoms with Crippen LogP contribution < -0.4 is 10.6 Å². The minimum absolute atomic E-state index is 0.245. The lowest BCUT2D eigenvalue weighted by molar-refractivity contribution is -0.145. The van der Waals surface area contributed by atoms with E-state index >= 15 is 0 Å². The number of carbonyl (C=O) groups excluding carboxylic acids is 3. The van der Waals surface area contributed by atoms with Crippen LogP contribution in [0.2, 0.25) is 0 Å². The van der Waals surface area contributed by atoms with Crippen molar-refractivity contribution in [3.8, 4) is 0 Å². The van der Waals surface area contributed by atoms with Crippen LogP contribution in [0.15, 0.2) is 5.11 Å². The number of azide groups is 1. The summed E-state index contributed by atoms with van der Waals surface area (Å²) in [6.45, 7) is 6.11. The van der Waals surface area contributed by atoms with Crippen molar-refractivity contribution in [1.82, 2.24) is 10.6 Å². The van der Waals surface area contributed by atoms with E-state index in [1.807, 2.05) is 0 Å². The van der Waals surface area contributed by atoms with Gasteiger partial charge in [0.1, 0.15) is 11.6 Å². The Kier molecular flexibility index (Phi) is 12.4. The van der Waals surface area contributed by atoms with Gasteiger partial charge in [-0.15, -0.1) is 0 Å². The molecule has 0 aliphatic rings. The summed E-state index contributed by atoms with van der Waals surface area (Å²) in [6.07, 6.45) is 2.60. The lowest BCUT2D eigenvalue weighted by Gasteiger charge is -2.20. The second-order valence-corrected chi connectivity index (χ2v) is 6.98. The molecule has 0 radical (unpaired) electrons. The molecule has 10 heteroatoms. The third-order valence-corrected chi connectivity index (χ3v) is 3.38. The number of carbonyl (C=O) groups is 3. The van der Waals surface area contributed by atoms with Gasteiger partial charge in [0.05, 0.1) is 7.11 Å². The third kappa shape index (κ3) is 14.4. The summed E-state index contributed by atoms with van der Waals surface area (Å²) in [4.78, 5) is 37.9. The van der Waals surface area contributed by atoms with Crippen molar-refractivity contribution < 1.29 is 23.9 Å². The average molecular weight is 385 g/mol. The lowest BCUT2D eigenvalue weighted by atomic mass is 10.1. The Bertz CT molecular complexity index is 526. The van der Waals surface area contributed by atoms with E-state index in [0.29, 0.717) is 45.2 Å². The van der Waals surface area contributed by atoms with Crippen LogP contribution >= 0.6 is 0 Å². The zero-order chi connectivity index (χ0) is 20.7. The summed E-state index contributed by atoms with van der Waals surface area (Å²) >= 11 is 0. The smallest absolute Gasteiger partial charge is 0.407 e. The van der Waals surface area contributed by atoms with Crippen molar-refractivity contribution in [3.63, 3.8) is 0 Å². The van der Waals surface area contributed by atoms with Crippen LogP contribution in [0.1, 0.15) is 59.3 Å². The largest absolute Gasteiger partial charge is 0.467 e. The van der Waals surface area contributed by atoms with Crippen molar-refractivity contribution in [2.24, 2.45) is 5.11 Å². The first-order valence-electron chi connectivity index (χ1n) is 9.04. The van der Waals surface area contributed by atoms with E-state index in [2.05, 4.69) is 20.7 Å². The molecule has 2 N–H and O–H groups in total. The highest BCUT2D eigenvalue weighted by atomic mass is 16.6. The van der Waals surface area contributed by atoms with Gasteiger partial charge in [0.2, 0.25) is 5.91 Å². The first kappa shape index (κ1) is 24.5. The van der Waals surface area contributed by atoms with Crippen LogP contribution in [0.25, 0.3) is 10.4 Å². The fraction of sp³-hybridized carbons (Fsp3) is 0.824. The first-order valence-corrected chi connectivity index (χ1v) is 9.04. The van der Waals surface area contributed by atoms with E-state index in [1.165, 1.54) is 7.11 Å². The number of alkyl carbamates (subject to hydrolysis) is 1. The SMILES string of the molecule is COC(=O)[C@H](CCCCNC(=O)OC(C)(C)C)NC(=O)CCCCN=[N+]=[N-]. The molecular weight excluding hydrogens is 354 g/mol. The van der Waals surface area contributed by atoms with Crippen molar-refractivity contribution in [1.29, 1.82) is 0 Å². The molecule has 0 aliphatic heterocycles. The highest BCUT2D eigenvalue weighted by Crippen LogP contribution is 2.07. The van der Waals surface area contributed by atoms with Gasteiger partial charge in [0, 0.05) is 24.4 Å².